The van der Waals surface area contributed by atoms with Crippen LogP contribution in [-0.4, -0.2) is 16.1 Å². The summed E-state index contributed by atoms with van der Waals surface area (Å²) < 4.78 is 15.0. The first kappa shape index (κ1) is 11.1. The van der Waals surface area contributed by atoms with Crippen LogP contribution in [0.4, 0.5) is 4.39 Å². The maximum atomic E-state index is 13.0. The Morgan fingerprint density at radius 1 is 1.50 bits per heavy atom. The van der Waals surface area contributed by atoms with Gasteiger partial charge in [-0.05, 0) is 31.0 Å². The lowest BCUT2D eigenvalue weighted by Gasteiger charge is -2.11. The van der Waals surface area contributed by atoms with Gasteiger partial charge in [0.05, 0.1) is 6.20 Å². The molecule has 86 valence electrons. The molecule has 1 atom stereocenters. The Morgan fingerprint density at radius 3 is 2.94 bits per heavy atom. The molecule has 0 spiro atoms. The molecule has 0 aliphatic carbocycles. The van der Waals surface area contributed by atoms with Crippen molar-refractivity contribution in [3.8, 4) is 0 Å². The van der Waals surface area contributed by atoms with E-state index in [1.807, 2.05) is 17.7 Å². The summed E-state index contributed by atoms with van der Waals surface area (Å²) in [5.74, 6) is 0.0726. The van der Waals surface area contributed by atoms with Gasteiger partial charge in [0, 0.05) is 18.1 Å². The number of fused-ring (bicyclic) bond motifs is 1. The van der Waals surface area contributed by atoms with Gasteiger partial charge in [0.15, 0.2) is 0 Å². The van der Waals surface area contributed by atoms with E-state index in [-0.39, 0.29) is 5.82 Å². The molecule has 0 saturated heterocycles. The lowest BCUT2D eigenvalue weighted by atomic mass is 10.0. The Balaban J connectivity index is 2.51. The summed E-state index contributed by atoms with van der Waals surface area (Å²) in [6.07, 6.45) is 2.17. The van der Waals surface area contributed by atoms with E-state index >= 15 is 0 Å². The number of hydrogen-bond donors (Lipinski definition) is 1. The van der Waals surface area contributed by atoms with Crippen molar-refractivity contribution in [2.24, 2.45) is 12.8 Å². The molecule has 0 amide bonds. The molecule has 2 heterocycles. The van der Waals surface area contributed by atoms with E-state index in [1.165, 1.54) is 12.3 Å². The van der Waals surface area contributed by atoms with Crippen molar-refractivity contribution in [1.29, 1.82) is 0 Å². The normalized spacial score (nSPS) is 13.2. The number of halogens is 1. The molecule has 0 radical (unpaired) electrons. The minimum Gasteiger partial charge on any atom is -0.332 e. The molecule has 0 bridgehead atoms. The number of aryl methyl sites for hydroxylation is 1. The van der Waals surface area contributed by atoms with Crippen LogP contribution in [0.15, 0.2) is 18.3 Å². The fourth-order valence-corrected chi connectivity index (χ4v) is 2.08. The zero-order chi connectivity index (χ0) is 11.7. The van der Waals surface area contributed by atoms with E-state index in [0.717, 1.165) is 23.1 Å². The number of nitrogens with two attached hydrogens (primary N) is 1. The third kappa shape index (κ3) is 1.80. The van der Waals surface area contributed by atoms with Crippen LogP contribution in [-0.2, 0) is 7.05 Å². The minimum atomic E-state index is -0.295. The highest BCUT2D eigenvalue weighted by Gasteiger charge is 2.12. The van der Waals surface area contributed by atoms with Crippen molar-refractivity contribution < 1.29 is 4.39 Å². The Bertz CT molecular complexity index is 504. The van der Waals surface area contributed by atoms with Crippen LogP contribution in [0.1, 0.15) is 25.0 Å². The SMILES string of the molecule is CC(CCN)c1cc2cc(F)cnc2n1C. The quantitative estimate of drug-likeness (QED) is 0.863. The molecule has 0 aromatic carbocycles. The average molecular weight is 221 g/mol. The maximum Gasteiger partial charge on any atom is 0.142 e. The van der Waals surface area contributed by atoms with Crippen LogP contribution in [0.3, 0.4) is 0 Å². The highest BCUT2D eigenvalue weighted by atomic mass is 19.1. The fraction of sp³-hybridized carbons (Fsp3) is 0.417. The van der Waals surface area contributed by atoms with Gasteiger partial charge in [-0.25, -0.2) is 9.37 Å². The number of hydrogen-bond acceptors (Lipinski definition) is 2. The summed E-state index contributed by atoms with van der Waals surface area (Å²) in [5, 5.41) is 0.848. The molecule has 2 aromatic rings. The zero-order valence-corrected chi connectivity index (χ0v) is 9.57. The predicted octanol–water partition coefficient (Wildman–Crippen LogP) is 2.16. The molecule has 0 aliphatic rings. The highest BCUT2D eigenvalue weighted by Crippen LogP contribution is 2.25. The molecule has 2 N–H and O–H groups in total. The molecule has 3 nitrogen and oxygen atoms in total. The van der Waals surface area contributed by atoms with Crippen molar-refractivity contribution in [1.82, 2.24) is 9.55 Å². The maximum absolute atomic E-state index is 13.0. The first-order chi connectivity index (χ1) is 7.63. The summed E-state index contributed by atoms with van der Waals surface area (Å²) in [5.41, 5.74) is 7.52. The van der Waals surface area contributed by atoms with Crippen molar-refractivity contribution in [2.75, 3.05) is 6.54 Å². The third-order valence-corrected chi connectivity index (χ3v) is 2.97. The molecular weight excluding hydrogens is 205 g/mol. The van der Waals surface area contributed by atoms with Gasteiger partial charge < -0.3 is 10.3 Å². The van der Waals surface area contributed by atoms with Gasteiger partial charge in [0.1, 0.15) is 11.5 Å². The standard InChI is InChI=1S/C12H16FN3/c1-8(3-4-14)11-6-9-5-10(13)7-15-12(9)16(11)2/h5-8H,3-4,14H2,1-2H3. The van der Waals surface area contributed by atoms with Crippen molar-refractivity contribution in [3.05, 3.63) is 29.8 Å². The topological polar surface area (TPSA) is 43.8 Å². The summed E-state index contributed by atoms with van der Waals surface area (Å²) in [6, 6.07) is 3.51. The molecule has 16 heavy (non-hydrogen) atoms. The fourth-order valence-electron chi connectivity index (χ4n) is 2.08. The van der Waals surface area contributed by atoms with Crippen LogP contribution in [0.2, 0.25) is 0 Å². The molecule has 0 aliphatic heterocycles. The van der Waals surface area contributed by atoms with Gasteiger partial charge in [-0.2, -0.15) is 0 Å². The highest BCUT2D eigenvalue weighted by molar-refractivity contribution is 5.77. The second-order valence-electron chi connectivity index (χ2n) is 4.17. The predicted molar refractivity (Wildman–Crippen MR) is 62.8 cm³/mol. The second kappa shape index (κ2) is 4.22. The molecular formula is C12H16FN3. The first-order valence-electron chi connectivity index (χ1n) is 5.44. The van der Waals surface area contributed by atoms with Crippen LogP contribution in [0.25, 0.3) is 11.0 Å². The van der Waals surface area contributed by atoms with Crippen molar-refractivity contribution in [2.45, 2.75) is 19.3 Å². The van der Waals surface area contributed by atoms with Crippen LogP contribution in [0, 0.1) is 5.82 Å². The molecule has 2 aromatic heterocycles. The minimum absolute atomic E-state index is 0.295. The molecule has 1 unspecified atom stereocenters. The van der Waals surface area contributed by atoms with Gasteiger partial charge in [0.2, 0.25) is 0 Å². The van der Waals surface area contributed by atoms with E-state index in [0.29, 0.717) is 12.5 Å². The summed E-state index contributed by atoms with van der Waals surface area (Å²) in [4.78, 5) is 4.10. The Labute approximate surface area is 94.1 Å². The number of rotatable bonds is 3. The van der Waals surface area contributed by atoms with E-state index in [1.54, 1.807) is 0 Å². The lowest BCUT2D eigenvalue weighted by molar-refractivity contribution is 0.623. The van der Waals surface area contributed by atoms with E-state index < -0.39 is 0 Å². The summed E-state index contributed by atoms with van der Waals surface area (Å²) in [7, 11) is 1.95. The summed E-state index contributed by atoms with van der Waals surface area (Å²) >= 11 is 0. The van der Waals surface area contributed by atoms with E-state index in [2.05, 4.69) is 11.9 Å². The smallest absolute Gasteiger partial charge is 0.142 e. The van der Waals surface area contributed by atoms with Crippen molar-refractivity contribution in [3.63, 3.8) is 0 Å². The molecule has 0 fully saturated rings. The van der Waals surface area contributed by atoms with Gasteiger partial charge in [-0.3, -0.25) is 0 Å². The van der Waals surface area contributed by atoms with E-state index in [9.17, 15) is 4.39 Å². The van der Waals surface area contributed by atoms with Crippen LogP contribution >= 0.6 is 0 Å². The average Bonchev–Trinajstić information content (AvgIpc) is 2.56. The number of aromatic nitrogens is 2. The zero-order valence-electron chi connectivity index (χ0n) is 9.57. The number of pyridine rings is 1. The molecule has 2 rings (SSSR count). The monoisotopic (exact) mass is 221 g/mol. The number of nitrogens with zero attached hydrogens (tertiary/aromatic N) is 2. The van der Waals surface area contributed by atoms with Gasteiger partial charge >= 0.3 is 0 Å². The lowest BCUT2D eigenvalue weighted by Crippen LogP contribution is -2.07. The first-order valence-corrected chi connectivity index (χ1v) is 5.44. The van der Waals surface area contributed by atoms with Crippen LogP contribution in [0.5, 0.6) is 0 Å². The van der Waals surface area contributed by atoms with Gasteiger partial charge in [-0.15, -0.1) is 0 Å². The Morgan fingerprint density at radius 2 is 2.25 bits per heavy atom. The Hall–Kier alpha value is -1.42. The third-order valence-electron chi connectivity index (χ3n) is 2.97. The summed E-state index contributed by atoms with van der Waals surface area (Å²) in [6.45, 7) is 2.78. The largest absolute Gasteiger partial charge is 0.332 e. The molecule has 0 saturated carbocycles. The van der Waals surface area contributed by atoms with Crippen molar-refractivity contribution >= 4 is 11.0 Å². The molecule has 4 heteroatoms. The van der Waals surface area contributed by atoms with E-state index in [4.69, 9.17) is 5.73 Å². The van der Waals surface area contributed by atoms with Gasteiger partial charge in [-0.1, -0.05) is 6.92 Å². The second-order valence-corrected chi connectivity index (χ2v) is 4.17. The Kier molecular flexibility index (Phi) is 2.92. The van der Waals surface area contributed by atoms with Gasteiger partial charge in [0.25, 0.3) is 0 Å². The van der Waals surface area contributed by atoms with Crippen LogP contribution < -0.4 is 5.73 Å².